The number of aromatic hydroxyl groups is 1. The number of imidazole rings is 1. The molecule has 0 atom stereocenters. The van der Waals surface area contributed by atoms with Gasteiger partial charge < -0.3 is 5.11 Å². The number of phenolic OH excluding ortho intramolecular Hbond substituents is 1. The lowest BCUT2D eigenvalue weighted by atomic mass is 9.71. The maximum Gasteiger partial charge on any atom is 0.149 e. The average Bonchev–Trinajstić information content (AvgIpc) is 3.82. The molecule has 0 saturated carbocycles. The molecule has 0 aliphatic heterocycles. The lowest BCUT2D eigenvalue weighted by Gasteiger charge is -2.32. The molecule has 10 aromatic rings. The minimum absolute atomic E-state index is 0.0854. The smallest absolute Gasteiger partial charge is 0.149 e. The van der Waals surface area contributed by atoms with E-state index in [0.29, 0.717) is 11.4 Å². The van der Waals surface area contributed by atoms with E-state index in [0.717, 1.165) is 72.5 Å². The Balaban J connectivity index is 1.17. The minimum Gasteiger partial charge on any atom is -0.507 e. The molecule has 382 valence electrons. The van der Waals surface area contributed by atoms with Gasteiger partial charge in [0.25, 0.3) is 0 Å². The summed E-state index contributed by atoms with van der Waals surface area (Å²) in [5, 5.41) is 12.7. The lowest BCUT2D eigenvalue weighted by molar-refractivity contribution is 0.446. The zero-order chi connectivity index (χ0) is 54.0. The van der Waals surface area contributed by atoms with Gasteiger partial charge in [0, 0.05) is 33.9 Å². The summed E-state index contributed by atoms with van der Waals surface area (Å²) >= 11 is 0. The Kier molecular flexibility index (Phi) is 13.2. The van der Waals surface area contributed by atoms with E-state index < -0.39 is 0 Å². The maximum absolute atomic E-state index is 12.7. The number of fused-ring (bicyclic) bond motifs is 1. The fraction of sp³-hybridized carbons (Fsp3) is 0.250. The first-order chi connectivity index (χ1) is 36.0. The van der Waals surface area contributed by atoms with Gasteiger partial charge in [-0.05, 0) is 133 Å². The highest BCUT2D eigenvalue weighted by Crippen LogP contribution is 2.47. The largest absolute Gasteiger partial charge is 0.507 e. The van der Waals surface area contributed by atoms with Crippen LogP contribution in [0.15, 0.2) is 200 Å². The van der Waals surface area contributed by atoms with Crippen molar-refractivity contribution >= 4 is 11.0 Å². The predicted octanol–water partition coefficient (Wildman–Crippen LogP) is 19.0. The molecule has 1 N–H and O–H groups in total. The van der Waals surface area contributed by atoms with Crippen LogP contribution < -0.4 is 0 Å². The summed E-state index contributed by atoms with van der Waals surface area (Å²) in [6, 6.07) is 70.4. The van der Waals surface area contributed by atoms with E-state index in [4.69, 9.17) is 9.97 Å². The maximum atomic E-state index is 12.7. The average molecular weight is 996 g/mol. The summed E-state index contributed by atoms with van der Waals surface area (Å²) in [4.78, 5) is 10.8. The third kappa shape index (κ3) is 9.82. The summed E-state index contributed by atoms with van der Waals surface area (Å²) in [5.41, 5.74) is 19.0. The molecule has 0 aliphatic carbocycles. The molecule has 4 heteroatoms. The Morgan fingerprint density at radius 3 is 1.50 bits per heavy atom. The van der Waals surface area contributed by atoms with Crippen LogP contribution in [-0.2, 0) is 27.1 Å². The molecule has 4 nitrogen and oxygen atoms in total. The molecule has 0 aliphatic rings. The first-order valence-electron chi connectivity index (χ1n) is 26.9. The summed E-state index contributed by atoms with van der Waals surface area (Å²) in [5.74, 6) is 0.947. The van der Waals surface area contributed by atoms with E-state index in [2.05, 4.69) is 289 Å². The number of nitrogens with zero attached hydrogens (tertiary/aromatic N) is 3. The van der Waals surface area contributed by atoms with Gasteiger partial charge in [-0.25, -0.2) is 4.98 Å². The van der Waals surface area contributed by atoms with E-state index in [1.165, 1.54) is 27.8 Å². The molecule has 0 unspecified atom stereocenters. The normalized spacial score (nSPS) is 12.6. The van der Waals surface area contributed by atoms with E-state index >= 15 is 0 Å². The Hall–Kier alpha value is -7.82. The molecule has 2 heterocycles. The number of para-hydroxylation sites is 1. The van der Waals surface area contributed by atoms with Gasteiger partial charge in [0.1, 0.15) is 11.6 Å². The zero-order valence-corrected chi connectivity index (χ0v) is 46.8. The van der Waals surface area contributed by atoms with Gasteiger partial charge in [-0.3, -0.25) is 9.55 Å². The molecular formula is C72H73N3O. The van der Waals surface area contributed by atoms with Crippen molar-refractivity contribution < 1.29 is 5.11 Å². The number of hydrogen-bond acceptors (Lipinski definition) is 3. The van der Waals surface area contributed by atoms with Gasteiger partial charge in [-0.1, -0.05) is 229 Å². The molecule has 76 heavy (non-hydrogen) atoms. The van der Waals surface area contributed by atoms with Crippen molar-refractivity contribution in [3.8, 4) is 67.5 Å². The van der Waals surface area contributed by atoms with Crippen molar-refractivity contribution in [3.05, 3.63) is 239 Å². The van der Waals surface area contributed by atoms with Crippen molar-refractivity contribution in [2.45, 2.75) is 117 Å². The van der Waals surface area contributed by atoms with E-state index in [1.807, 2.05) is 6.20 Å². The first kappa shape index (κ1) is 51.7. The van der Waals surface area contributed by atoms with Crippen LogP contribution in [0.2, 0.25) is 0 Å². The van der Waals surface area contributed by atoms with Gasteiger partial charge in [0.2, 0.25) is 0 Å². The van der Waals surface area contributed by atoms with Crippen molar-refractivity contribution in [2.24, 2.45) is 0 Å². The van der Waals surface area contributed by atoms with Crippen molar-refractivity contribution in [1.29, 1.82) is 0 Å². The van der Waals surface area contributed by atoms with Crippen molar-refractivity contribution in [2.75, 3.05) is 0 Å². The lowest BCUT2D eigenvalue weighted by Crippen LogP contribution is -2.25. The molecule has 0 spiro atoms. The molecule has 0 fully saturated rings. The van der Waals surface area contributed by atoms with Crippen LogP contribution in [0.3, 0.4) is 0 Å². The first-order valence-corrected chi connectivity index (χ1v) is 26.9. The molecule has 8 aromatic carbocycles. The van der Waals surface area contributed by atoms with E-state index in [1.54, 1.807) is 0 Å². The number of hydrogen-bond donors (Lipinski definition) is 1. The minimum atomic E-state index is -0.337. The van der Waals surface area contributed by atoms with Crippen LogP contribution in [0.4, 0.5) is 0 Å². The Morgan fingerprint density at radius 1 is 0.368 bits per heavy atom. The highest BCUT2D eigenvalue weighted by molar-refractivity contribution is 5.98. The fourth-order valence-corrected chi connectivity index (χ4v) is 10.8. The van der Waals surface area contributed by atoms with Crippen LogP contribution >= 0.6 is 0 Å². The summed E-state index contributed by atoms with van der Waals surface area (Å²) < 4.78 is 2.30. The molecule has 0 bridgehead atoms. The number of pyridine rings is 1. The topological polar surface area (TPSA) is 50.9 Å². The molecule has 0 amide bonds. The van der Waals surface area contributed by atoms with Crippen LogP contribution in [-0.4, -0.2) is 19.6 Å². The fourth-order valence-electron chi connectivity index (χ4n) is 10.8. The highest BCUT2D eigenvalue weighted by atomic mass is 16.3. The van der Waals surface area contributed by atoms with Crippen molar-refractivity contribution in [1.82, 2.24) is 14.5 Å². The number of aromatic nitrogens is 3. The monoisotopic (exact) mass is 996 g/mol. The Labute approximate surface area is 452 Å². The molecular weight excluding hydrogens is 923 g/mol. The summed E-state index contributed by atoms with van der Waals surface area (Å²) in [6.07, 6.45) is 1.94. The molecule has 0 saturated heterocycles. The van der Waals surface area contributed by atoms with Crippen LogP contribution in [0.5, 0.6) is 5.75 Å². The van der Waals surface area contributed by atoms with Gasteiger partial charge >= 0.3 is 0 Å². The standard InChI is InChI=1S/C72H73N3O/c1-68(2,3)55-36-37-63(59(44-55)48-24-17-14-18-25-48)75-64-31-23-30-58(65(64)74-67(75)60-45-57(70(7,8)9)46-61(66(60)76)71(10,11)12)50-40-51(42-56(41-50)69(4,5)6)62-43-49(38-39-73-62)47-32-34-54(35-33-47)72(13,52-26-19-15-20-27-52)53-28-21-16-22-29-53/h14-46,76H,1-13H3. The van der Waals surface area contributed by atoms with Gasteiger partial charge in [0.05, 0.1) is 28.0 Å². The van der Waals surface area contributed by atoms with Crippen molar-refractivity contribution in [3.63, 3.8) is 0 Å². The van der Waals surface area contributed by atoms with Crippen LogP contribution in [0.1, 0.15) is 129 Å². The zero-order valence-electron chi connectivity index (χ0n) is 46.8. The third-order valence-corrected chi connectivity index (χ3v) is 15.6. The van der Waals surface area contributed by atoms with Gasteiger partial charge in [-0.2, -0.15) is 0 Å². The number of benzene rings is 8. The SMILES string of the molecule is CC(C)(C)c1cc(-c2cc(-c3ccc(C(C)(c4ccccc4)c4ccccc4)cc3)ccn2)cc(-c2cccc3c2nc(-c2cc(C(C)(C)C)cc(C(C)(C)C)c2O)n3-c2ccc(C(C)(C)C)cc2-c2ccccc2)c1. The molecule has 10 rings (SSSR count). The molecule has 2 aromatic heterocycles. The predicted molar refractivity (Wildman–Crippen MR) is 321 cm³/mol. The Bertz CT molecular complexity index is 3690. The van der Waals surface area contributed by atoms with Gasteiger partial charge in [0.15, 0.2) is 0 Å². The second-order valence-electron chi connectivity index (χ2n) is 25.1. The number of phenols is 1. The second-order valence-corrected chi connectivity index (χ2v) is 25.1. The second kappa shape index (κ2) is 19.4. The highest BCUT2D eigenvalue weighted by Gasteiger charge is 2.32. The van der Waals surface area contributed by atoms with E-state index in [-0.39, 0.29) is 32.8 Å². The van der Waals surface area contributed by atoms with Crippen LogP contribution in [0.25, 0.3) is 72.7 Å². The third-order valence-electron chi connectivity index (χ3n) is 15.6. The van der Waals surface area contributed by atoms with Crippen LogP contribution in [0, 0.1) is 0 Å². The summed E-state index contributed by atoms with van der Waals surface area (Å²) in [7, 11) is 0. The number of rotatable bonds is 9. The molecule has 0 radical (unpaired) electrons. The quantitative estimate of drug-likeness (QED) is 0.147. The van der Waals surface area contributed by atoms with E-state index in [9.17, 15) is 5.11 Å². The Morgan fingerprint density at radius 2 is 0.908 bits per heavy atom. The van der Waals surface area contributed by atoms with Gasteiger partial charge in [-0.15, -0.1) is 0 Å². The summed E-state index contributed by atoms with van der Waals surface area (Å²) in [6.45, 7) is 29.2.